The number of hydrogen-bond donors (Lipinski definition) is 1. The van der Waals surface area contributed by atoms with E-state index in [4.69, 9.17) is 5.11 Å². The average Bonchev–Trinajstić information content (AvgIpc) is 2.86. The van der Waals surface area contributed by atoms with E-state index in [0.29, 0.717) is 0 Å². The lowest BCUT2D eigenvalue weighted by molar-refractivity contribution is -0.136. The highest BCUT2D eigenvalue weighted by Crippen LogP contribution is 2.32. The SMILES string of the molecule is CCn1ccnc1Sc1nc(C)c(CC(=O)O)s1. The van der Waals surface area contributed by atoms with Gasteiger partial charge in [0.05, 0.1) is 12.1 Å². The zero-order valence-electron chi connectivity index (χ0n) is 10.1. The van der Waals surface area contributed by atoms with E-state index < -0.39 is 5.97 Å². The van der Waals surface area contributed by atoms with E-state index in [1.807, 2.05) is 17.7 Å². The fourth-order valence-corrected chi connectivity index (χ4v) is 3.70. The van der Waals surface area contributed by atoms with E-state index in [0.717, 1.165) is 26.6 Å². The van der Waals surface area contributed by atoms with Crippen LogP contribution in [-0.2, 0) is 17.8 Å². The molecule has 5 nitrogen and oxygen atoms in total. The van der Waals surface area contributed by atoms with Gasteiger partial charge in [0.1, 0.15) is 0 Å². The molecule has 2 heterocycles. The predicted octanol–water partition coefficient (Wildman–Crippen LogP) is 2.45. The molecular formula is C11H13N3O2S2. The van der Waals surface area contributed by atoms with Gasteiger partial charge in [-0.15, -0.1) is 11.3 Å². The van der Waals surface area contributed by atoms with Crippen LogP contribution in [0.25, 0.3) is 0 Å². The minimum absolute atomic E-state index is 0.0340. The third-order valence-electron chi connectivity index (χ3n) is 2.38. The van der Waals surface area contributed by atoms with Crippen molar-refractivity contribution < 1.29 is 9.90 Å². The second-order valence-electron chi connectivity index (χ2n) is 3.66. The first-order chi connectivity index (χ1) is 8.60. The van der Waals surface area contributed by atoms with Gasteiger partial charge in [-0.05, 0) is 25.6 Å². The summed E-state index contributed by atoms with van der Waals surface area (Å²) in [7, 11) is 0. The van der Waals surface area contributed by atoms with Crippen LogP contribution in [0.3, 0.4) is 0 Å². The Balaban J connectivity index is 2.17. The first-order valence-corrected chi connectivity index (χ1v) is 7.10. The van der Waals surface area contributed by atoms with Gasteiger partial charge in [-0.3, -0.25) is 4.79 Å². The summed E-state index contributed by atoms with van der Waals surface area (Å²) in [4.78, 5) is 20.1. The minimum Gasteiger partial charge on any atom is -0.481 e. The highest BCUT2D eigenvalue weighted by molar-refractivity contribution is 8.00. The van der Waals surface area contributed by atoms with E-state index >= 15 is 0 Å². The molecule has 1 N–H and O–H groups in total. The standard InChI is InChI=1S/C11H13N3O2S2/c1-3-14-5-4-12-10(14)18-11-13-7(2)8(17-11)6-9(15)16/h4-5H,3,6H2,1-2H3,(H,15,16). The number of aliphatic carboxylic acids is 1. The molecule has 0 atom stereocenters. The number of carboxylic acid groups (broad SMARTS) is 1. The Morgan fingerprint density at radius 2 is 2.39 bits per heavy atom. The topological polar surface area (TPSA) is 68.0 Å². The van der Waals surface area contributed by atoms with E-state index in [-0.39, 0.29) is 6.42 Å². The third kappa shape index (κ3) is 2.91. The molecule has 96 valence electrons. The fourth-order valence-electron chi connectivity index (χ4n) is 1.47. The zero-order valence-corrected chi connectivity index (χ0v) is 11.7. The van der Waals surface area contributed by atoms with Crippen molar-refractivity contribution in [2.45, 2.75) is 36.3 Å². The molecule has 2 rings (SSSR count). The van der Waals surface area contributed by atoms with E-state index in [1.165, 1.54) is 23.1 Å². The Kier molecular flexibility index (Phi) is 4.03. The minimum atomic E-state index is -0.826. The molecule has 0 bridgehead atoms. The number of nitrogens with zero attached hydrogens (tertiary/aromatic N) is 3. The van der Waals surface area contributed by atoms with E-state index in [1.54, 1.807) is 6.20 Å². The number of hydrogen-bond acceptors (Lipinski definition) is 5. The number of carbonyl (C=O) groups is 1. The molecule has 0 amide bonds. The molecule has 18 heavy (non-hydrogen) atoms. The third-order valence-corrected chi connectivity index (χ3v) is 4.62. The maximum atomic E-state index is 10.7. The Morgan fingerprint density at radius 3 is 3.06 bits per heavy atom. The normalized spacial score (nSPS) is 10.8. The monoisotopic (exact) mass is 283 g/mol. The summed E-state index contributed by atoms with van der Waals surface area (Å²) in [5.41, 5.74) is 0.791. The van der Waals surface area contributed by atoms with Gasteiger partial charge in [0.25, 0.3) is 0 Å². The lowest BCUT2D eigenvalue weighted by atomic mass is 10.3. The summed E-state index contributed by atoms with van der Waals surface area (Å²) < 4.78 is 2.86. The highest BCUT2D eigenvalue weighted by Gasteiger charge is 2.13. The second-order valence-corrected chi connectivity index (χ2v) is 5.95. The second kappa shape index (κ2) is 5.53. The van der Waals surface area contributed by atoms with Crippen LogP contribution >= 0.6 is 23.1 Å². The summed E-state index contributed by atoms with van der Waals surface area (Å²) in [5, 5.41) is 9.68. The largest absolute Gasteiger partial charge is 0.481 e. The molecule has 0 saturated heterocycles. The maximum Gasteiger partial charge on any atom is 0.308 e. The molecule has 0 aromatic carbocycles. The van der Waals surface area contributed by atoms with Crippen LogP contribution in [0.1, 0.15) is 17.5 Å². The predicted molar refractivity (Wildman–Crippen MR) is 70.2 cm³/mol. The van der Waals surface area contributed by atoms with Crippen LogP contribution in [0.15, 0.2) is 21.9 Å². The lowest BCUT2D eigenvalue weighted by Gasteiger charge is -2.00. The van der Waals surface area contributed by atoms with E-state index in [9.17, 15) is 4.79 Å². The number of rotatable bonds is 5. The van der Waals surface area contributed by atoms with Gasteiger partial charge in [0.2, 0.25) is 0 Å². The molecule has 0 aliphatic heterocycles. The Hall–Kier alpha value is -1.34. The Labute approximate surface area is 113 Å². The zero-order chi connectivity index (χ0) is 13.1. The summed E-state index contributed by atoms with van der Waals surface area (Å²) in [6.07, 6.45) is 3.71. The van der Waals surface area contributed by atoms with Gasteiger partial charge in [0, 0.05) is 23.8 Å². The van der Waals surface area contributed by atoms with Crippen molar-refractivity contribution in [1.29, 1.82) is 0 Å². The van der Waals surface area contributed by atoms with Crippen LogP contribution in [0.4, 0.5) is 0 Å². The van der Waals surface area contributed by atoms with Gasteiger partial charge in [-0.2, -0.15) is 0 Å². The van der Waals surface area contributed by atoms with Crippen molar-refractivity contribution in [1.82, 2.24) is 14.5 Å². The van der Waals surface area contributed by atoms with Crippen LogP contribution in [0.5, 0.6) is 0 Å². The van der Waals surface area contributed by atoms with Gasteiger partial charge >= 0.3 is 5.97 Å². The maximum absolute atomic E-state index is 10.7. The fraction of sp³-hybridized carbons (Fsp3) is 0.364. The molecule has 0 saturated carbocycles. The van der Waals surface area contributed by atoms with Crippen LogP contribution < -0.4 is 0 Å². The number of thiazole rings is 1. The molecular weight excluding hydrogens is 270 g/mol. The lowest BCUT2D eigenvalue weighted by Crippen LogP contribution is -1.99. The van der Waals surface area contributed by atoms with Gasteiger partial charge in [0.15, 0.2) is 9.50 Å². The molecule has 2 aromatic rings. The number of imidazole rings is 1. The van der Waals surface area contributed by atoms with Crippen LogP contribution in [0.2, 0.25) is 0 Å². The summed E-state index contributed by atoms with van der Waals surface area (Å²) in [6, 6.07) is 0. The first-order valence-electron chi connectivity index (χ1n) is 5.47. The average molecular weight is 283 g/mol. The number of aromatic nitrogens is 3. The van der Waals surface area contributed by atoms with Gasteiger partial charge < -0.3 is 9.67 Å². The van der Waals surface area contributed by atoms with Crippen LogP contribution in [0, 0.1) is 6.92 Å². The van der Waals surface area contributed by atoms with Crippen molar-refractivity contribution in [3.63, 3.8) is 0 Å². The first kappa shape index (κ1) is 13.1. The Morgan fingerprint density at radius 1 is 1.61 bits per heavy atom. The molecule has 0 aliphatic rings. The quantitative estimate of drug-likeness (QED) is 0.913. The summed E-state index contributed by atoms with van der Waals surface area (Å²) in [6.45, 7) is 4.74. The molecule has 0 spiro atoms. The molecule has 0 aliphatic carbocycles. The molecule has 0 radical (unpaired) electrons. The van der Waals surface area contributed by atoms with Crippen molar-refractivity contribution in [2.24, 2.45) is 0 Å². The van der Waals surface area contributed by atoms with Crippen molar-refractivity contribution >= 4 is 29.1 Å². The van der Waals surface area contributed by atoms with Crippen molar-refractivity contribution in [3.8, 4) is 0 Å². The van der Waals surface area contributed by atoms with E-state index in [2.05, 4.69) is 16.9 Å². The van der Waals surface area contributed by atoms with Gasteiger partial charge in [-0.1, -0.05) is 0 Å². The molecule has 2 aromatic heterocycles. The summed E-state index contributed by atoms with van der Waals surface area (Å²) >= 11 is 2.90. The molecule has 0 unspecified atom stereocenters. The van der Waals surface area contributed by atoms with Crippen LogP contribution in [-0.4, -0.2) is 25.6 Å². The van der Waals surface area contributed by atoms with Gasteiger partial charge in [-0.25, -0.2) is 9.97 Å². The summed E-state index contributed by atoms with van der Waals surface area (Å²) in [5.74, 6) is -0.826. The highest BCUT2D eigenvalue weighted by atomic mass is 32.2. The smallest absolute Gasteiger partial charge is 0.308 e. The molecule has 0 fully saturated rings. The van der Waals surface area contributed by atoms with Crippen molar-refractivity contribution in [2.75, 3.05) is 0 Å². The number of aryl methyl sites for hydroxylation is 2. The molecule has 7 heteroatoms. The Bertz CT molecular complexity index is 562. The van der Waals surface area contributed by atoms with Crippen molar-refractivity contribution in [3.05, 3.63) is 23.0 Å². The number of carboxylic acids is 1.